The summed E-state index contributed by atoms with van der Waals surface area (Å²) in [7, 11) is -3.52. The second-order valence-corrected chi connectivity index (χ2v) is 9.74. The van der Waals surface area contributed by atoms with Gasteiger partial charge in [-0.15, -0.1) is 11.3 Å². The van der Waals surface area contributed by atoms with Gasteiger partial charge in [0.1, 0.15) is 4.21 Å². The molecule has 0 bridgehead atoms. The molecule has 8 heteroatoms. The van der Waals surface area contributed by atoms with Crippen molar-refractivity contribution in [2.24, 2.45) is 0 Å². The maximum absolute atomic E-state index is 13.0. The van der Waals surface area contributed by atoms with Gasteiger partial charge < -0.3 is 10.6 Å². The largest absolute Gasteiger partial charge is 0.336 e. The molecule has 1 fully saturated rings. The van der Waals surface area contributed by atoms with E-state index >= 15 is 0 Å². The molecule has 0 aliphatic carbocycles. The highest BCUT2D eigenvalue weighted by Crippen LogP contribution is 2.29. The molecule has 0 unspecified atom stereocenters. The van der Waals surface area contributed by atoms with Crippen LogP contribution in [0.5, 0.6) is 0 Å². The van der Waals surface area contributed by atoms with E-state index in [-0.39, 0.29) is 12.1 Å². The number of carbonyl (C=O) groups excluding carboxylic acids is 1. The van der Waals surface area contributed by atoms with Crippen LogP contribution in [0.2, 0.25) is 0 Å². The number of hydrogen-bond acceptors (Lipinski definition) is 4. The second kappa shape index (κ2) is 8.20. The van der Waals surface area contributed by atoms with Crippen molar-refractivity contribution in [1.29, 1.82) is 0 Å². The molecule has 6 nitrogen and oxygen atoms in total. The molecule has 2 heterocycles. The molecule has 1 saturated heterocycles. The van der Waals surface area contributed by atoms with E-state index in [0.29, 0.717) is 23.0 Å². The molecule has 2 N–H and O–H groups in total. The van der Waals surface area contributed by atoms with Gasteiger partial charge in [-0.3, -0.25) is 0 Å². The van der Waals surface area contributed by atoms with Crippen molar-refractivity contribution < 1.29 is 13.2 Å². The first-order valence-electron chi connectivity index (χ1n) is 8.65. The minimum Gasteiger partial charge on any atom is -0.336 e. The van der Waals surface area contributed by atoms with Crippen molar-refractivity contribution in [3.63, 3.8) is 0 Å². The lowest BCUT2D eigenvalue weighted by atomic mass is 10.1. The Kier molecular flexibility index (Phi) is 5.95. The summed E-state index contributed by atoms with van der Waals surface area (Å²) in [6.07, 6.45) is 2.55. The molecule has 2 amide bonds. The van der Waals surface area contributed by atoms with Crippen LogP contribution in [0.1, 0.15) is 24.1 Å². The highest BCUT2D eigenvalue weighted by Gasteiger charge is 2.34. The first-order valence-corrected chi connectivity index (χ1v) is 10.9. The molecule has 2 aromatic rings. The lowest BCUT2D eigenvalue weighted by Crippen LogP contribution is -2.49. The maximum atomic E-state index is 13.0. The summed E-state index contributed by atoms with van der Waals surface area (Å²) in [5, 5.41) is 5.56. The average molecular weight is 394 g/mol. The molecule has 26 heavy (non-hydrogen) atoms. The number of aryl methyl sites for hydroxylation is 1. The van der Waals surface area contributed by atoms with Gasteiger partial charge in [0.05, 0.1) is 0 Å². The zero-order chi connectivity index (χ0) is 18.6. The Labute approximate surface area is 158 Å². The van der Waals surface area contributed by atoms with Crippen molar-refractivity contribution in [3.8, 4) is 0 Å². The van der Waals surface area contributed by atoms with Crippen molar-refractivity contribution >= 4 is 33.1 Å². The highest BCUT2D eigenvalue weighted by molar-refractivity contribution is 7.91. The summed E-state index contributed by atoms with van der Waals surface area (Å²) in [5.41, 5.74) is 0.701. The average Bonchev–Trinajstić information content (AvgIpc) is 3.08. The number of anilines is 1. The fourth-order valence-electron chi connectivity index (χ4n) is 3.07. The van der Waals surface area contributed by atoms with Crippen LogP contribution >= 0.6 is 11.3 Å². The molecule has 1 aromatic heterocycles. The Balaban J connectivity index is 1.65. The molecule has 0 spiro atoms. The van der Waals surface area contributed by atoms with Gasteiger partial charge in [-0.05, 0) is 44.0 Å². The number of urea groups is 1. The van der Waals surface area contributed by atoms with Crippen LogP contribution in [0, 0.1) is 6.92 Å². The zero-order valence-electron chi connectivity index (χ0n) is 14.6. The van der Waals surface area contributed by atoms with Crippen molar-refractivity contribution in [3.05, 3.63) is 47.3 Å². The van der Waals surface area contributed by atoms with E-state index in [0.717, 1.165) is 24.1 Å². The van der Waals surface area contributed by atoms with Gasteiger partial charge in [-0.25, -0.2) is 13.2 Å². The monoisotopic (exact) mass is 393 g/mol. The summed E-state index contributed by atoms with van der Waals surface area (Å²) < 4.78 is 27.8. The van der Waals surface area contributed by atoms with Crippen molar-refractivity contribution in [1.82, 2.24) is 9.62 Å². The van der Waals surface area contributed by atoms with E-state index in [2.05, 4.69) is 10.6 Å². The number of rotatable bonds is 5. The van der Waals surface area contributed by atoms with Gasteiger partial charge in [0.15, 0.2) is 0 Å². The lowest BCUT2D eigenvalue weighted by Gasteiger charge is -2.34. The van der Waals surface area contributed by atoms with Crippen LogP contribution < -0.4 is 10.6 Å². The van der Waals surface area contributed by atoms with Gasteiger partial charge in [-0.2, -0.15) is 4.31 Å². The first kappa shape index (κ1) is 18.9. The fourth-order valence-corrected chi connectivity index (χ4v) is 6.17. The predicted molar refractivity (Wildman–Crippen MR) is 104 cm³/mol. The molecule has 1 atom stereocenters. The van der Waals surface area contributed by atoms with Crippen molar-refractivity contribution in [2.45, 2.75) is 36.4 Å². The van der Waals surface area contributed by atoms with Gasteiger partial charge in [0, 0.05) is 29.7 Å². The molecular formula is C18H23N3O3S2. The number of nitrogens with zero attached hydrogens (tertiary/aromatic N) is 1. The third kappa shape index (κ3) is 4.44. The molecule has 0 radical (unpaired) electrons. The number of thiophene rings is 1. The van der Waals surface area contributed by atoms with Crippen LogP contribution in [-0.2, 0) is 10.0 Å². The van der Waals surface area contributed by atoms with Crippen molar-refractivity contribution in [2.75, 3.05) is 18.4 Å². The standard InChI is InChI=1S/C18H23N3O3S2/c1-14-10-11-17(25-14)26(23,24)21-12-6-5-9-16(21)13-19-18(22)20-15-7-3-2-4-8-15/h2-4,7-8,10-11,16H,5-6,9,12-13H2,1H3,(H2,19,20,22)/t16-/m0/s1. The van der Waals surface area contributed by atoms with E-state index < -0.39 is 10.0 Å². The van der Waals surface area contributed by atoms with Crippen LogP contribution in [0.4, 0.5) is 10.5 Å². The van der Waals surface area contributed by atoms with Crippen LogP contribution in [0.3, 0.4) is 0 Å². The third-order valence-corrected chi connectivity index (χ3v) is 7.80. The summed E-state index contributed by atoms with van der Waals surface area (Å²) in [6.45, 7) is 2.68. The Morgan fingerprint density at radius 1 is 1.19 bits per heavy atom. The second-order valence-electron chi connectivity index (χ2n) is 6.33. The normalized spacial score (nSPS) is 18.4. The molecule has 0 saturated carbocycles. The zero-order valence-corrected chi connectivity index (χ0v) is 16.3. The Morgan fingerprint density at radius 2 is 1.96 bits per heavy atom. The molecule has 1 aliphatic rings. The van der Waals surface area contributed by atoms with Crippen LogP contribution in [0.25, 0.3) is 0 Å². The number of amides is 2. The van der Waals surface area contributed by atoms with E-state index in [4.69, 9.17) is 0 Å². The quantitative estimate of drug-likeness (QED) is 0.817. The predicted octanol–water partition coefficient (Wildman–Crippen LogP) is 3.42. The van der Waals surface area contributed by atoms with Gasteiger partial charge >= 0.3 is 6.03 Å². The summed E-state index contributed by atoms with van der Waals surface area (Å²) in [5.74, 6) is 0. The topological polar surface area (TPSA) is 78.5 Å². The summed E-state index contributed by atoms with van der Waals surface area (Å²) in [6, 6.07) is 12.1. The minimum absolute atomic E-state index is 0.224. The van der Waals surface area contributed by atoms with Crippen LogP contribution in [-0.4, -0.2) is 37.9 Å². The first-order chi connectivity index (χ1) is 12.5. The Bertz CT molecular complexity index is 850. The number of hydrogen-bond donors (Lipinski definition) is 2. The van der Waals surface area contributed by atoms with Gasteiger partial charge in [0.2, 0.25) is 0 Å². The smallest absolute Gasteiger partial charge is 0.319 e. The van der Waals surface area contributed by atoms with Gasteiger partial charge in [-0.1, -0.05) is 24.6 Å². The molecule has 140 valence electrons. The van der Waals surface area contributed by atoms with E-state index in [9.17, 15) is 13.2 Å². The number of piperidine rings is 1. The molecule has 1 aromatic carbocycles. The third-order valence-electron chi connectivity index (χ3n) is 4.38. The number of carbonyl (C=O) groups is 1. The summed E-state index contributed by atoms with van der Waals surface area (Å²) >= 11 is 1.29. The van der Waals surface area contributed by atoms with E-state index in [1.54, 1.807) is 22.5 Å². The van der Waals surface area contributed by atoms with E-state index in [1.807, 2.05) is 31.2 Å². The number of para-hydroxylation sites is 1. The number of nitrogens with one attached hydrogen (secondary N) is 2. The minimum atomic E-state index is -3.52. The summed E-state index contributed by atoms with van der Waals surface area (Å²) in [4.78, 5) is 13.1. The Morgan fingerprint density at radius 3 is 2.65 bits per heavy atom. The van der Waals surface area contributed by atoms with Gasteiger partial charge in [0.25, 0.3) is 10.0 Å². The SMILES string of the molecule is Cc1ccc(S(=O)(=O)N2CCCC[C@H]2CNC(=O)Nc2ccccc2)s1. The molecular weight excluding hydrogens is 370 g/mol. The number of benzene rings is 1. The highest BCUT2D eigenvalue weighted by atomic mass is 32.2. The lowest BCUT2D eigenvalue weighted by molar-refractivity contribution is 0.231. The van der Waals surface area contributed by atoms with E-state index in [1.165, 1.54) is 11.3 Å². The number of sulfonamides is 1. The molecule has 3 rings (SSSR count). The molecule has 1 aliphatic heterocycles. The van der Waals surface area contributed by atoms with Crippen LogP contribution in [0.15, 0.2) is 46.7 Å². The maximum Gasteiger partial charge on any atom is 0.319 e. The fraction of sp³-hybridized carbons (Fsp3) is 0.389. The Hall–Kier alpha value is -1.90.